The van der Waals surface area contributed by atoms with E-state index in [1.54, 1.807) is 11.8 Å². The van der Waals surface area contributed by atoms with Gasteiger partial charge >= 0.3 is 0 Å². The first-order valence-corrected chi connectivity index (χ1v) is 9.53. The second-order valence-electron chi connectivity index (χ2n) is 6.25. The number of aryl methyl sites for hydroxylation is 1. The first kappa shape index (κ1) is 19.2. The number of nitrogens with one attached hydrogen (secondary N) is 1. The number of carbonyl (C=O) groups is 1. The van der Waals surface area contributed by atoms with Crippen molar-refractivity contribution in [3.63, 3.8) is 0 Å². The van der Waals surface area contributed by atoms with Gasteiger partial charge in [0.15, 0.2) is 0 Å². The number of para-hydroxylation sites is 1. The molecule has 1 aromatic heterocycles. The molecule has 0 atom stereocenters. The van der Waals surface area contributed by atoms with E-state index >= 15 is 0 Å². The van der Waals surface area contributed by atoms with Gasteiger partial charge in [-0.1, -0.05) is 34.1 Å². The summed E-state index contributed by atoms with van der Waals surface area (Å²) >= 11 is 3.43. The highest BCUT2D eigenvalue weighted by Crippen LogP contribution is 2.20. The van der Waals surface area contributed by atoms with Gasteiger partial charge < -0.3 is 10.1 Å². The van der Waals surface area contributed by atoms with Crippen molar-refractivity contribution in [1.82, 2.24) is 15.1 Å². The molecule has 3 aromatic rings. The number of carbonyl (C=O) groups excluding carboxylic acids is 1. The molecule has 0 aliphatic heterocycles. The first-order valence-electron chi connectivity index (χ1n) is 8.73. The van der Waals surface area contributed by atoms with Crippen molar-refractivity contribution in [3.8, 4) is 11.4 Å². The van der Waals surface area contributed by atoms with Gasteiger partial charge in [0, 0.05) is 11.0 Å². The Kier molecular flexibility index (Phi) is 5.96. The number of aromatic nitrogens is 2. The summed E-state index contributed by atoms with van der Waals surface area (Å²) in [6.07, 6.45) is 0.703. The van der Waals surface area contributed by atoms with E-state index in [0.29, 0.717) is 24.2 Å². The summed E-state index contributed by atoms with van der Waals surface area (Å²) in [7, 11) is 1.65. The van der Waals surface area contributed by atoms with Gasteiger partial charge in [0.05, 0.1) is 29.7 Å². The van der Waals surface area contributed by atoms with Gasteiger partial charge in [-0.2, -0.15) is 5.10 Å². The van der Waals surface area contributed by atoms with E-state index in [0.717, 1.165) is 27.2 Å². The molecule has 0 saturated heterocycles. The quantitative estimate of drug-likeness (QED) is 0.639. The number of nitrogens with zero attached hydrogens (tertiary/aromatic N) is 2. The maximum absolute atomic E-state index is 12.7. The summed E-state index contributed by atoms with van der Waals surface area (Å²) in [6, 6.07) is 15.7. The number of hydrogen-bond acceptors (Lipinski definition) is 3. The highest BCUT2D eigenvalue weighted by molar-refractivity contribution is 9.10. The molecule has 1 N–H and O–H groups in total. The topological polar surface area (TPSA) is 56.1 Å². The number of rotatable bonds is 6. The lowest BCUT2D eigenvalue weighted by atomic mass is 10.1. The molecule has 1 heterocycles. The summed E-state index contributed by atoms with van der Waals surface area (Å²) in [5.41, 5.74) is 4.15. The van der Waals surface area contributed by atoms with Crippen LogP contribution in [0.15, 0.2) is 53.0 Å². The van der Waals surface area contributed by atoms with Gasteiger partial charge in [0.25, 0.3) is 5.91 Å². The molecule has 0 bridgehead atoms. The minimum Gasteiger partial charge on any atom is -0.496 e. The van der Waals surface area contributed by atoms with E-state index in [1.165, 1.54) is 0 Å². The molecule has 27 heavy (non-hydrogen) atoms. The molecule has 0 saturated carbocycles. The summed E-state index contributed by atoms with van der Waals surface area (Å²) in [6.45, 7) is 4.30. The number of halogens is 1. The largest absolute Gasteiger partial charge is 0.496 e. The highest BCUT2D eigenvalue weighted by atomic mass is 79.9. The molecule has 0 spiro atoms. The Morgan fingerprint density at radius 2 is 1.85 bits per heavy atom. The molecule has 0 aliphatic rings. The van der Waals surface area contributed by atoms with Crippen LogP contribution in [0.3, 0.4) is 0 Å². The highest BCUT2D eigenvalue weighted by Gasteiger charge is 2.19. The van der Waals surface area contributed by atoms with Gasteiger partial charge in [-0.05, 0) is 56.2 Å². The zero-order chi connectivity index (χ0) is 19.4. The van der Waals surface area contributed by atoms with E-state index in [1.807, 2.05) is 62.4 Å². The Labute approximate surface area is 167 Å². The normalized spacial score (nSPS) is 10.7. The number of amides is 1. The van der Waals surface area contributed by atoms with Crippen molar-refractivity contribution >= 4 is 21.8 Å². The SMILES string of the molecule is COc1ccccc1CCNC(=O)c1c(C)nn(-c2ccc(Br)cc2)c1C. The van der Waals surface area contributed by atoms with Crippen molar-refractivity contribution in [3.05, 3.63) is 75.5 Å². The van der Waals surface area contributed by atoms with E-state index in [9.17, 15) is 4.79 Å². The number of hydrogen-bond donors (Lipinski definition) is 1. The van der Waals surface area contributed by atoms with Crippen LogP contribution < -0.4 is 10.1 Å². The third-order valence-corrected chi connectivity index (χ3v) is 4.99. The van der Waals surface area contributed by atoms with E-state index in [-0.39, 0.29) is 5.91 Å². The first-order chi connectivity index (χ1) is 13.0. The van der Waals surface area contributed by atoms with Crippen LogP contribution in [0.5, 0.6) is 5.75 Å². The van der Waals surface area contributed by atoms with Crippen LogP contribution >= 0.6 is 15.9 Å². The van der Waals surface area contributed by atoms with Crippen LogP contribution in [0.4, 0.5) is 0 Å². The third-order valence-electron chi connectivity index (χ3n) is 4.46. The van der Waals surface area contributed by atoms with Gasteiger partial charge in [-0.15, -0.1) is 0 Å². The fourth-order valence-electron chi connectivity index (χ4n) is 3.11. The molecule has 6 heteroatoms. The van der Waals surface area contributed by atoms with Crippen molar-refractivity contribution in [1.29, 1.82) is 0 Å². The van der Waals surface area contributed by atoms with Gasteiger partial charge in [-0.25, -0.2) is 4.68 Å². The third kappa shape index (κ3) is 4.22. The molecule has 140 valence electrons. The van der Waals surface area contributed by atoms with E-state index in [2.05, 4.69) is 26.3 Å². The van der Waals surface area contributed by atoms with Crippen molar-refractivity contribution in [2.75, 3.05) is 13.7 Å². The molecule has 2 aromatic carbocycles. The van der Waals surface area contributed by atoms with Crippen LogP contribution in [0.25, 0.3) is 5.69 Å². The lowest BCUT2D eigenvalue weighted by Gasteiger charge is -2.09. The summed E-state index contributed by atoms with van der Waals surface area (Å²) in [4.78, 5) is 12.7. The molecule has 0 fully saturated rings. The maximum atomic E-state index is 12.7. The molecule has 5 nitrogen and oxygen atoms in total. The molecular weight excluding hydrogens is 406 g/mol. The lowest BCUT2D eigenvalue weighted by molar-refractivity contribution is 0.0953. The molecule has 0 unspecified atom stereocenters. The van der Waals surface area contributed by atoms with E-state index in [4.69, 9.17) is 4.74 Å². The van der Waals surface area contributed by atoms with Gasteiger partial charge in [0.1, 0.15) is 5.75 Å². The Hall–Kier alpha value is -2.60. The minimum absolute atomic E-state index is 0.108. The van der Waals surface area contributed by atoms with Crippen molar-refractivity contribution in [2.24, 2.45) is 0 Å². The number of benzene rings is 2. The average Bonchev–Trinajstić information content (AvgIpc) is 2.97. The molecule has 0 aliphatic carbocycles. The summed E-state index contributed by atoms with van der Waals surface area (Å²) < 4.78 is 8.16. The van der Waals surface area contributed by atoms with E-state index < -0.39 is 0 Å². The molecule has 3 rings (SSSR count). The van der Waals surface area contributed by atoms with Gasteiger partial charge in [-0.3, -0.25) is 4.79 Å². The van der Waals surface area contributed by atoms with Crippen molar-refractivity contribution < 1.29 is 9.53 Å². The number of ether oxygens (including phenoxy) is 1. The smallest absolute Gasteiger partial charge is 0.255 e. The van der Waals surface area contributed by atoms with Crippen LogP contribution in [0, 0.1) is 13.8 Å². The lowest BCUT2D eigenvalue weighted by Crippen LogP contribution is -2.26. The van der Waals surface area contributed by atoms with Crippen molar-refractivity contribution in [2.45, 2.75) is 20.3 Å². The van der Waals surface area contributed by atoms with Crippen LogP contribution in [-0.2, 0) is 6.42 Å². The summed E-state index contributed by atoms with van der Waals surface area (Å²) in [5, 5.41) is 7.54. The Balaban J connectivity index is 1.72. The van der Waals surface area contributed by atoms with Gasteiger partial charge in [0.2, 0.25) is 0 Å². The Bertz CT molecular complexity index is 949. The average molecular weight is 428 g/mol. The fraction of sp³-hybridized carbons (Fsp3) is 0.238. The summed E-state index contributed by atoms with van der Waals surface area (Å²) in [5.74, 6) is 0.727. The van der Waals surface area contributed by atoms with Crippen LogP contribution in [0.2, 0.25) is 0 Å². The standard InChI is InChI=1S/C21H22BrN3O2/c1-14-20(15(2)25(24-14)18-10-8-17(22)9-11-18)21(26)23-13-12-16-6-4-5-7-19(16)27-3/h4-11H,12-13H2,1-3H3,(H,23,26). The Morgan fingerprint density at radius 3 is 2.56 bits per heavy atom. The Morgan fingerprint density at radius 1 is 1.15 bits per heavy atom. The maximum Gasteiger partial charge on any atom is 0.255 e. The number of methoxy groups -OCH3 is 1. The van der Waals surface area contributed by atoms with Crippen LogP contribution in [-0.4, -0.2) is 29.3 Å². The van der Waals surface area contributed by atoms with Crippen LogP contribution in [0.1, 0.15) is 27.3 Å². The second kappa shape index (κ2) is 8.39. The monoisotopic (exact) mass is 427 g/mol. The molecule has 0 radical (unpaired) electrons. The fourth-order valence-corrected chi connectivity index (χ4v) is 3.38. The zero-order valence-corrected chi connectivity index (χ0v) is 17.2. The molecule has 1 amide bonds. The minimum atomic E-state index is -0.108. The zero-order valence-electron chi connectivity index (χ0n) is 15.6. The second-order valence-corrected chi connectivity index (χ2v) is 7.17. The predicted molar refractivity (Wildman–Crippen MR) is 110 cm³/mol. The predicted octanol–water partition coefficient (Wildman–Crippen LogP) is 4.23. The molecular formula is C21H22BrN3O2.